The summed E-state index contributed by atoms with van der Waals surface area (Å²) in [6, 6.07) is 0. The zero-order valence-corrected chi connectivity index (χ0v) is 6.43. The van der Waals surface area contributed by atoms with Crippen LogP contribution in [0.15, 0.2) is 12.7 Å². The standard InChI is InChI=1S/C9H14O/c1-3-4-5-6-7-8-9(2)10/h3,9-10H,1,4-6H2,2H3/t9-/m1/s1. The first-order valence-electron chi connectivity index (χ1n) is 3.54. The highest BCUT2D eigenvalue weighted by atomic mass is 16.3. The van der Waals surface area contributed by atoms with E-state index in [4.69, 9.17) is 5.11 Å². The molecule has 0 aliphatic rings. The fraction of sp³-hybridized carbons (Fsp3) is 0.556. The average Bonchev–Trinajstić information content (AvgIpc) is 1.87. The van der Waals surface area contributed by atoms with Gasteiger partial charge in [0, 0.05) is 6.42 Å². The van der Waals surface area contributed by atoms with E-state index in [9.17, 15) is 0 Å². The monoisotopic (exact) mass is 138 g/mol. The van der Waals surface area contributed by atoms with Gasteiger partial charge in [0.25, 0.3) is 0 Å². The van der Waals surface area contributed by atoms with Crippen molar-refractivity contribution in [2.24, 2.45) is 0 Å². The first kappa shape index (κ1) is 9.26. The van der Waals surface area contributed by atoms with E-state index in [1.54, 1.807) is 6.92 Å². The van der Waals surface area contributed by atoms with Gasteiger partial charge in [0.15, 0.2) is 0 Å². The van der Waals surface area contributed by atoms with E-state index in [1.165, 1.54) is 0 Å². The number of hydrogen-bond acceptors (Lipinski definition) is 1. The molecule has 0 saturated heterocycles. The van der Waals surface area contributed by atoms with Gasteiger partial charge < -0.3 is 5.11 Å². The lowest BCUT2D eigenvalue weighted by atomic mass is 10.2. The molecule has 0 heterocycles. The first-order chi connectivity index (χ1) is 4.77. The van der Waals surface area contributed by atoms with Crippen LogP contribution >= 0.6 is 0 Å². The minimum atomic E-state index is -0.483. The Balaban J connectivity index is 3.20. The second-order valence-corrected chi connectivity index (χ2v) is 2.18. The van der Waals surface area contributed by atoms with Crippen LogP contribution in [0.5, 0.6) is 0 Å². The van der Waals surface area contributed by atoms with Crippen molar-refractivity contribution < 1.29 is 5.11 Å². The fourth-order valence-corrected chi connectivity index (χ4v) is 0.555. The summed E-state index contributed by atoms with van der Waals surface area (Å²) in [5.74, 6) is 5.55. The molecule has 1 N–H and O–H groups in total. The van der Waals surface area contributed by atoms with Crippen LogP contribution in [-0.2, 0) is 0 Å². The number of allylic oxidation sites excluding steroid dienone is 1. The molecule has 0 aromatic carbocycles. The normalized spacial score (nSPS) is 11.4. The summed E-state index contributed by atoms with van der Waals surface area (Å²) in [5.41, 5.74) is 0. The molecular formula is C9H14O. The molecule has 0 bridgehead atoms. The van der Waals surface area contributed by atoms with Crippen LogP contribution in [0.25, 0.3) is 0 Å². The quantitative estimate of drug-likeness (QED) is 0.358. The van der Waals surface area contributed by atoms with E-state index < -0.39 is 6.10 Å². The highest BCUT2D eigenvalue weighted by molar-refractivity contribution is 5.02. The average molecular weight is 138 g/mol. The molecule has 0 aromatic rings. The van der Waals surface area contributed by atoms with Crippen LogP contribution in [0.1, 0.15) is 26.2 Å². The van der Waals surface area contributed by atoms with Gasteiger partial charge in [-0.3, -0.25) is 0 Å². The molecule has 56 valence electrons. The molecule has 0 unspecified atom stereocenters. The third-order valence-corrected chi connectivity index (χ3v) is 1.02. The Hall–Kier alpha value is -0.740. The van der Waals surface area contributed by atoms with Gasteiger partial charge in [0.05, 0.1) is 0 Å². The lowest BCUT2D eigenvalue weighted by molar-refractivity contribution is 0.253. The summed E-state index contributed by atoms with van der Waals surface area (Å²) in [5, 5.41) is 8.72. The molecule has 0 amide bonds. The van der Waals surface area contributed by atoms with Crippen molar-refractivity contribution in [3.05, 3.63) is 12.7 Å². The zero-order valence-electron chi connectivity index (χ0n) is 6.43. The molecule has 1 nitrogen and oxygen atoms in total. The maximum Gasteiger partial charge on any atom is 0.111 e. The van der Waals surface area contributed by atoms with Gasteiger partial charge in [-0.25, -0.2) is 0 Å². The van der Waals surface area contributed by atoms with Crippen molar-refractivity contribution in [2.75, 3.05) is 0 Å². The van der Waals surface area contributed by atoms with Gasteiger partial charge in [-0.1, -0.05) is 12.0 Å². The van der Waals surface area contributed by atoms with Crippen molar-refractivity contribution in [3.8, 4) is 11.8 Å². The minimum absolute atomic E-state index is 0.483. The van der Waals surface area contributed by atoms with Gasteiger partial charge in [-0.05, 0) is 19.8 Å². The summed E-state index contributed by atoms with van der Waals surface area (Å²) in [6.07, 6.45) is 4.31. The van der Waals surface area contributed by atoms with Crippen LogP contribution in [0.3, 0.4) is 0 Å². The summed E-state index contributed by atoms with van der Waals surface area (Å²) < 4.78 is 0. The third kappa shape index (κ3) is 7.26. The lowest BCUT2D eigenvalue weighted by Gasteiger charge is -1.88. The van der Waals surface area contributed by atoms with Crippen molar-refractivity contribution >= 4 is 0 Å². The van der Waals surface area contributed by atoms with E-state index in [0.717, 1.165) is 19.3 Å². The number of rotatable bonds is 3. The molecule has 0 saturated carbocycles. The topological polar surface area (TPSA) is 20.2 Å². The molecule has 0 radical (unpaired) electrons. The van der Waals surface area contributed by atoms with Gasteiger partial charge in [0.1, 0.15) is 6.10 Å². The van der Waals surface area contributed by atoms with Crippen molar-refractivity contribution in [1.29, 1.82) is 0 Å². The fourth-order valence-electron chi connectivity index (χ4n) is 0.555. The Labute approximate surface area is 62.8 Å². The van der Waals surface area contributed by atoms with Crippen molar-refractivity contribution in [3.63, 3.8) is 0 Å². The predicted octanol–water partition coefficient (Wildman–Crippen LogP) is 1.73. The summed E-state index contributed by atoms with van der Waals surface area (Å²) in [6.45, 7) is 5.26. The predicted molar refractivity (Wildman–Crippen MR) is 43.5 cm³/mol. The Morgan fingerprint density at radius 3 is 2.90 bits per heavy atom. The van der Waals surface area contributed by atoms with E-state index in [0.29, 0.717) is 0 Å². The Morgan fingerprint density at radius 2 is 2.40 bits per heavy atom. The van der Waals surface area contributed by atoms with E-state index in [2.05, 4.69) is 18.4 Å². The van der Waals surface area contributed by atoms with E-state index in [-0.39, 0.29) is 0 Å². The SMILES string of the molecule is C=CCCCC#C[C@@H](C)O. The smallest absolute Gasteiger partial charge is 0.111 e. The van der Waals surface area contributed by atoms with E-state index >= 15 is 0 Å². The first-order valence-corrected chi connectivity index (χ1v) is 3.54. The summed E-state index contributed by atoms with van der Waals surface area (Å²) in [7, 11) is 0. The summed E-state index contributed by atoms with van der Waals surface area (Å²) >= 11 is 0. The van der Waals surface area contributed by atoms with Gasteiger partial charge in [-0.2, -0.15) is 0 Å². The highest BCUT2D eigenvalue weighted by Gasteiger charge is 1.82. The maximum absolute atomic E-state index is 8.72. The van der Waals surface area contributed by atoms with Crippen molar-refractivity contribution in [1.82, 2.24) is 0 Å². The van der Waals surface area contributed by atoms with E-state index in [1.807, 2.05) is 6.08 Å². The number of aliphatic hydroxyl groups excluding tert-OH is 1. The molecule has 0 rings (SSSR count). The van der Waals surface area contributed by atoms with Gasteiger partial charge >= 0.3 is 0 Å². The Bertz CT molecular complexity index is 137. The highest BCUT2D eigenvalue weighted by Crippen LogP contribution is 1.93. The Morgan fingerprint density at radius 1 is 1.70 bits per heavy atom. The minimum Gasteiger partial charge on any atom is -0.381 e. The number of hydrogen-bond donors (Lipinski definition) is 1. The molecule has 0 aliphatic heterocycles. The molecule has 0 aliphatic carbocycles. The van der Waals surface area contributed by atoms with Crippen LogP contribution in [0.4, 0.5) is 0 Å². The molecule has 10 heavy (non-hydrogen) atoms. The second kappa shape index (κ2) is 6.38. The zero-order chi connectivity index (χ0) is 7.82. The van der Waals surface area contributed by atoms with Crippen LogP contribution < -0.4 is 0 Å². The molecular weight excluding hydrogens is 124 g/mol. The van der Waals surface area contributed by atoms with Crippen LogP contribution in [0.2, 0.25) is 0 Å². The van der Waals surface area contributed by atoms with Crippen LogP contribution in [-0.4, -0.2) is 11.2 Å². The summed E-state index contributed by atoms with van der Waals surface area (Å²) in [4.78, 5) is 0. The number of aliphatic hydroxyl groups is 1. The van der Waals surface area contributed by atoms with Crippen molar-refractivity contribution in [2.45, 2.75) is 32.3 Å². The lowest BCUT2D eigenvalue weighted by Crippen LogP contribution is -1.92. The molecule has 0 spiro atoms. The van der Waals surface area contributed by atoms with Crippen LogP contribution in [0, 0.1) is 11.8 Å². The Kier molecular flexibility index (Phi) is 5.91. The van der Waals surface area contributed by atoms with Gasteiger partial charge in [0.2, 0.25) is 0 Å². The largest absolute Gasteiger partial charge is 0.381 e. The molecule has 0 aromatic heterocycles. The maximum atomic E-state index is 8.72. The van der Waals surface area contributed by atoms with Gasteiger partial charge in [-0.15, -0.1) is 12.5 Å². The third-order valence-electron chi connectivity index (χ3n) is 1.02. The molecule has 0 fully saturated rings. The number of unbranched alkanes of at least 4 members (excludes halogenated alkanes) is 2. The molecule has 1 heteroatoms. The second-order valence-electron chi connectivity index (χ2n) is 2.18. The molecule has 1 atom stereocenters.